The number of nitrogens with zero attached hydrogens (tertiary/aromatic N) is 2. The van der Waals surface area contributed by atoms with Crippen LogP contribution in [0.4, 0.5) is 14.5 Å². The van der Waals surface area contributed by atoms with Crippen molar-refractivity contribution >= 4 is 40.0 Å². The lowest BCUT2D eigenvalue weighted by Gasteiger charge is -2.28. The molecule has 0 spiro atoms. The van der Waals surface area contributed by atoms with Gasteiger partial charge in [0.05, 0.1) is 22.8 Å². The number of carbonyl (C=O) groups is 1. The van der Waals surface area contributed by atoms with E-state index >= 15 is 4.39 Å². The minimum Gasteiger partial charge on any atom is -0.478 e. The van der Waals surface area contributed by atoms with Crippen LogP contribution in [0.15, 0.2) is 46.7 Å². The van der Waals surface area contributed by atoms with E-state index in [0.717, 1.165) is 6.08 Å². The first-order chi connectivity index (χ1) is 10.8. The monoisotopic (exact) mass is 431 g/mol. The van der Waals surface area contributed by atoms with E-state index in [1.807, 2.05) is 22.6 Å². The molecule has 8 heteroatoms. The molecular weight excluding hydrogens is 419 g/mol. The third-order valence-corrected chi connectivity index (χ3v) is 4.32. The molecule has 1 heterocycles. The van der Waals surface area contributed by atoms with Gasteiger partial charge in [-0.25, -0.2) is 13.6 Å². The third kappa shape index (κ3) is 2.71. The van der Waals surface area contributed by atoms with Gasteiger partial charge in [-0.2, -0.15) is 0 Å². The second-order valence-corrected chi connectivity index (χ2v) is 6.48. The second-order valence-electron chi connectivity index (χ2n) is 5.24. The summed E-state index contributed by atoms with van der Waals surface area (Å²) in [5.41, 5.74) is -2.17. The fourth-order valence-corrected chi connectivity index (χ4v) is 2.84. The van der Waals surface area contributed by atoms with Crippen LogP contribution >= 0.6 is 22.6 Å². The molecule has 1 atom stereocenters. The number of allylic oxidation sites excluding steroid dienone is 1. The van der Waals surface area contributed by atoms with Gasteiger partial charge in [-0.3, -0.25) is 4.99 Å². The van der Waals surface area contributed by atoms with Gasteiger partial charge >= 0.3 is 5.97 Å². The molecule has 3 rings (SSSR count). The average molecular weight is 431 g/mol. The fourth-order valence-electron chi connectivity index (χ4n) is 2.39. The van der Waals surface area contributed by atoms with Crippen LogP contribution in [0.2, 0.25) is 0 Å². The van der Waals surface area contributed by atoms with Crippen LogP contribution in [-0.2, 0) is 4.79 Å². The van der Waals surface area contributed by atoms with Crippen molar-refractivity contribution in [3.63, 3.8) is 0 Å². The first-order valence-corrected chi connectivity index (χ1v) is 7.74. The molecule has 0 radical (unpaired) electrons. The van der Waals surface area contributed by atoms with Gasteiger partial charge in [0.25, 0.3) is 5.67 Å². The van der Waals surface area contributed by atoms with E-state index in [0.29, 0.717) is 21.6 Å². The maximum atomic E-state index is 15.1. The molecule has 0 aromatic heterocycles. The van der Waals surface area contributed by atoms with E-state index in [4.69, 9.17) is 0 Å². The fraction of sp³-hybridized carbons (Fsp3) is 0.200. The van der Waals surface area contributed by atoms with Crippen LogP contribution in [0.3, 0.4) is 0 Å². The Morgan fingerprint density at radius 2 is 2.26 bits per heavy atom. The smallest absolute Gasteiger partial charge is 0.352 e. The van der Waals surface area contributed by atoms with Crippen LogP contribution < -0.4 is 5.32 Å². The Balaban J connectivity index is 2.02. The quantitative estimate of drug-likeness (QED) is 0.723. The molecule has 1 aliphatic carbocycles. The number of nitrogens with one attached hydrogen (secondary N) is 1. The summed E-state index contributed by atoms with van der Waals surface area (Å²) in [5.74, 6) is -2.26. The van der Waals surface area contributed by atoms with Crippen molar-refractivity contribution in [1.29, 1.82) is 0 Å². The highest BCUT2D eigenvalue weighted by atomic mass is 127. The number of benzene rings is 1. The van der Waals surface area contributed by atoms with E-state index in [1.165, 1.54) is 18.2 Å². The van der Waals surface area contributed by atoms with Crippen molar-refractivity contribution in [1.82, 2.24) is 4.90 Å². The van der Waals surface area contributed by atoms with Gasteiger partial charge in [-0.1, -0.05) is 0 Å². The largest absolute Gasteiger partial charge is 0.478 e. The van der Waals surface area contributed by atoms with Crippen molar-refractivity contribution in [2.45, 2.75) is 5.67 Å². The second kappa shape index (κ2) is 5.59. The third-order valence-electron chi connectivity index (χ3n) is 3.65. The van der Waals surface area contributed by atoms with Crippen LogP contribution in [0.1, 0.15) is 0 Å². The lowest BCUT2D eigenvalue weighted by molar-refractivity contribution is -0.145. The maximum Gasteiger partial charge on any atom is 0.352 e. The van der Waals surface area contributed by atoms with E-state index in [9.17, 15) is 14.3 Å². The summed E-state index contributed by atoms with van der Waals surface area (Å²) in [6.45, 7) is 0.318. The molecule has 5 nitrogen and oxygen atoms in total. The zero-order chi connectivity index (χ0) is 16.8. The highest BCUT2D eigenvalue weighted by Gasteiger charge is 2.46. The molecule has 2 N–H and O–H groups in total. The Kier molecular flexibility index (Phi) is 3.86. The molecule has 0 amide bonds. The summed E-state index contributed by atoms with van der Waals surface area (Å²) in [4.78, 5) is 17.3. The topological polar surface area (TPSA) is 64.9 Å². The van der Waals surface area contributed by atoms with Crippen molar-refractivity contribution in [3.8, 4) is 0 Å². The number of carboxylic acid groups (broad SMARTS) is 1. The SMILES string of the molecule is CN1CN=C2C=C(Nc3ccc(I)cc3F)C(F)(C(=O)O)C=C21. The van der Waals surface area contributed by atoms with Crippen LogP contribution in [0, 0.1) is 9.39 Å². The molecule has 0 saturated heterocycles. The number of aliphatic imine (C=N–C) groups is 1. The number of alkyl halides is 1. The standard InChI is InChI=1S/C15H12F2IN3O2/c1-21-7-19-11-5-13(15(17,14(22)23)6-12(11)21)20-10-3-2-8(18)4-9(10)16/h2-6,20H,7H2,1H3,(H,22,23). The Labute approximate surface area is 144 Å². The number of hydrogen-bond acceptors (Lipinski definition) is 4. The number of hydrogen-bond donors (Lipinski definition) is 2. The first-order valence-electron chi connectivity index (χ1n) is 6.66. The molecule has 1 unspecified atom stereocenters. The van der Waals surface area contributed by atoms with E-state index in [-0.39, 0.29) is 11.4 Å². The van der Waals surface area contributed by atoms with Gasteiger partial charge in [-0.05, 0) is 52.9 Å². The minimum absolute atomic E-state index is 0.00347. The van der Waals surface area contributed by atoms with E-state index in [2.05, 4.69) is 10.3 Å². The summed E-state index contributed by atoms with van der Waals surface area (Å²) in [7, 11) is 1.69. The zero-order valence-corrected chi connectivity index (χ0v) is 14.1. The lowest BCUT2D eigenvalue weighted by atomic mass is 9.92. The lowest BCUT2D eigenvalue weighted by Crippen LogP contribution is -2.41. The Morgan fingerprint density at radius 1 is 1.52 bits per heavy atom. The van der Waals surface area contributed by atoms with E-state index < -0.39 is 17.5 Å². The Morgan fingerprint density at radius 3 is 2.91 bits per heavy atom. The summed E-state index contributed by atoms with van der Waals surface area (Å²) < 4.78 is 29.7. The van der Waals surface area contributed by atoms with Gasteiger partial charge < -0.3 is 15.3 Å². The molecule has 1 aromatic rings. The van der Waals surface area contributed by atoms with Gasteiger partial charge in [0.15, 0.2) is 0 Å². The number of halogens is 3. The highest BCUT2D eigenvalue weighted by molar-refractivity contribution is 14.1. The number of anilines is 1. The number of carboxylic acids is 1. The van der Waals surface area contributed by atoms with Gasteiger partial charge in [-0.15, -0.1) is 0 Å². The molecule has 2 aliphatic rings. The summed E-state index contributed by atoms with van der Waals surface area (Å²) in [5, 5.41) is 11.9. The summed E-state index contributed by atoms with van der Waals surface area (Å²) >= 11 is 1.95. The van der Waals surface area contributed by atoms with Crippen LogP contribution in [0.25, 0.3) is 0 Å². The van der Waals surface area contributed by atoms with E-state index in [1.54, 1.807) is 18.0 Å². The number of fused-ring (bicyclic) bond motifs is 1. The highest BCUT2D eigenvalue weighted by Crippen LogP contribution is 2.34. The molecule has 0 fully saturated rings. The van der Waals surface area contributed by atoms with Crippen molar-refractivity contribution in [2.75, 3.05) is 19.0 Å². The summed E-state index contributed by atoms with van der Waals surface area (Å²) in [6.07, 6.45) is 2.30. The Bertz CT molecular complexity index is 791. The molecule has 0 bridgehead atoms. The normalized spacial score (nSPS) is 23.0. The van der Waals surface area contributed by atoms with Crippen molar-refractivity contribution in [2.24, 2.45) is 4.99 Å². The van der Waals surface area contributed by atoms with Crippen LogP contribution in [-0.4, -0.2) is 41.1 Å². The average Bonchev–Trinajstić information content (AvgIpc) is 2.82. The van der Waals surface area contributed by atoms with Crippen LogP contribution in [0.5, 0.6) is 0 Å². The first kappa shape index (κ1) is 15.9. The van der Waals surface area contributed by atoms with Gasteiger partial charge in [0.2, 0.25) is 0 Å². The molecular formula is C15H12F2IN3O2. The predicted octanol–water partition coefficient (Wildman–Crippen LogP) is 2.76. The van der Waals surface area contributed by atoms with Gasteiger partial charge in [0.1, 0.15) is 12.5 Å². The Hall–Kier alpha value is -1.97. The molecule has 1 aromatic carbocycles. The van der Waals surface area contributed by atoms with Crippen molar-refractivity contribution < 1.29 is 18.7 Å². The van der Waals surface area contributed by atoms with Crippen molar-refractivity contribution in [3.05, 3.63) is 51.1 Å². The molecule has 1 aliphatic heterocycles. The summed E-state index contributed by atoms with van der Waals surface area (Å²) in [6, 6.07) is 4.34. The number of rotatable bonds is 3. The molecule has 23 heavy (non-hydrogen) atoms. The predicted molar refractivity (Wildman–Crippen MR) is 90.4 cm³/mol. The maximum absolute atomic E-state index is 15.1. The molecule has 120 valence electrons. The molecule has 0 saturated carbocycles. The minimum atomic E-state index is -2.78. The van der Waals surface area contributed by atoms with Gasteiger partial charge in [0, 0.05) is 10.6 Å². The zero-order valence-electron chi connectivity index (χ0n) is 12.0. The number of aliphatic carboxylic acids is 1.